The Morgan fingerprint density at radius 2 is 1.71 bits per heavy atom. The van der Waals surface area contributed by atoms with Gasteiger partial charge in [0, 0.05) is 13.1 Å². The molecule has 0 radical (unpaired) electrons. The summed E-state index contributed by atoms with van der Waals surface area (Å²) in [6.07, 6.45) is 1.13. The molecule has 2 rings (SSSR count). The van der Waals surface area contributed by atoms with Gasteiger partial charge < -0.3 is 10.2 Å². The van der Waals surface area contributed by atoms with Crippen molar-refractivity contribution in [3.63, 3.8) is 0 Å². The average molecular weight is 288 g/mol. The van der Waals surface area contributed by atoms with Crippen molar-refractivity contribution in [1.29, 1.82) is 0 Å². The van der Waals surface area contributed by atoms with Crippen molar-refractivity contribution in [1.82, 2.24) is 10.2 Å². The first-order chi connectivity index (χ1) is 9.79. The van der Waals surface area contributed by atoms with E-state index in [1.807, 2.05) is 4.90 Å². The molecule has 1 N–H and O–H groups in total. The van der Waals surface area contributed by atoms with Crippen molar-refractivity contribution in [3.05, 3.63) is 35.4 Å². The van der Waals surface area contributed by atoms with Crippen molar-refractivity contribution >= 4 is 6.03 Å². The quantitative estimate of drug-likeness (QED) is 0.892. The standard InChI is InChI=1S/C18H28N2O/c1-13(2)16(19-17(21)20-11-6-12-20)14-7-9-15(10-8-14)18(3,4)5/h7-10,13,16H,6,11-12H2,1-5H3,(H,19,21). The predicted molar refractivity (Wildman–Crippen MR) is 87.4 cm³/mol. The lowest BCUT2D eigenvalue weighted by molar-refractivity contribution is 0.161. The van der Waals surface area contributed by atoms with Gasteiger partial charge in [0.1, 0.15) is 0 Å². The van der Waals surface area contributed by atoms with E-state index in [2.05, 4.69) is 64.2 Å². The number of rotatable bonds is 3. The third-order valence-electron chi connectivity index (χ3n) is 4.22. The molecule has 3 heteroatoms. The molecule has 21 heavy (non-hydrogen) atoms. The first kappa shape index (κ1) is 15.9. The normalized spacial score (nSPS) is 16.6. The molecule has 1 aromatic rings. The first-order valence-corrected chi connectivity index (χ1v) is 7.95. The Hall–Kier alpha value is -1.51. The molecule has 1 aliphatic rings. The lowest BCUT2D eigenvalue weighted by Crippen LogP contribution is -2.49. The number of benzene rings is 1. The van der Waals surface area contributed by atoms with Crippen LogP contribution in [0.1, 0.15) is 58.2 Å². The number of hydrogen-bond donors (Lipinski definition) is 1. The number of likely N-dealkylation sites (tertiary alicyclic amines) is 1. The van der Waals surface area contributed by atoms with Crippen LogP contribution in [0.5, 0.6) is 0 Å². The molecule has 0 spiro atoms. The topological polar surface area (TPSA) is 32.3 Å². The molecule has 3 nitrogen and oxygen atoms in total. The zero-order valence-corrected chi connectivity index (χ0v) is 13.9. The second-order valence-corrected chi connectivity index (χ2v) is 7.38. The molecule has 116 valence electrons. The van der Waals surface area contributed by atoms with Gasteiger partial charge in [-0.1, -0.05) is 58.9 Å². The number of hydrogen-bond acceptors (Lipinski definition) is 1. The van der Waals surface area contributed by atoms with E-state index < -0.39 is 0 Å². The maximum atomic E-state index is 12.2. The zero-order chi connectivity index (χ0) is 15.6. The lowest BCUT2D eigenvalue weighted by Gasteiger charge is -2.34. The minimum absolute atomic E-state index is 0.0693. The smallest absolute Gasteiger partial charge is 0.317 e. The van der Waals surface area contributed by atoms with Crippen LogP contribution in [0, 0.1) is 5.92 Å². The molecule has 0 aliphatic carbocycles. The highest BCUT2D eigenvalue weighted by atomic mass is 16.2. The lowest BCUT2D eigenvalue weighted by atomic mass is 9.85. The SMILES string of the molecule is CC(C)C(NC(=O)N1CCC1)c1ccc(C(C)(C)C)cc1. The third-order valence-corrected chi connectivity index (χ3v) is 4.22. The number of nitrogens with one attached hydrogen (secondary N) is 1. The Balaban J connectivity index is 2.12. The number of nitrogens with zero attached hydrogens (tertiary/aromatic N) is 1. The van der Waals surface area contributed by atoms with Gasteiger partial charge >= 0.3 is 6.03 Å². The summed E-state index contributed by atoms with van der Waals surface area (Å²) < 4.78 is 0. The van der Waals surface area contributed by atoms with Crippen molar-refractivity contribution in [3.8, 4) is 0 Å². The summed E-state index contributed by atoms with van der Waals surface area (Å²) in [6, 6.07) is 8.82. The van der Waals surface area contributed by atoms with Gasteiger partial charge in [-0.05, 0) is 28.9 Å². The summed E-state index contributed by atoms with van der Waals surface area (Å²) in [4.78, 5) is 14.0. The highest BCUT2D eigenvalue weighted by Crippen LogP contribution is 2.27. The Kier molecular flexibility index (Phi) is 4.60. The Bertz CT molecular complexity index is 481. The number of urea groups is 1. The van der Waals surface area contributed by atoms with E-state index in [-0.39, 0.29) is 17.5 Å². The second-order valence-electron chi connectivity index (χ2n) is 7.38. The number of amides is 2. The van der Waals surface area contributed by atoms with E-state index in [0.717, 1.165) is 19.5 Å². The van der Waals surface area contributed by atoms with Gasteiger partial charge in [0.2, 0.25) is 0 Å². The van der Waals surface area contributed by atoms with Gasteiger partial charge in [-0.2, -0.15) is 0 Å². The maximum absolute atomic E-state index is 12.2. The van der Waals surface area contributed by atoms with Crippen molar-refractivity contribution < 1.29 is 4.79 Å². The predicted octanol–water partition coefficient (Wildman–Crippen LogP) is 4.10. The van der Waals surface area contributed by atoms with Gasteiger partial charge in [0.05, 0.1) is 6.04 Å². The average Bonchev–Trinajstić information content (AvgIpc) is 2.32. The first-order valence-electron chi connectivity index (χ1n) is 7.95. The van der Waals surface area contributed by atoms with Gasteiger partial charge in [-0.25, -0.2) is 4.79 Å². The number of carbonyl (C=O) groups excluding carboxylic acids is 1. The third kappa shape index (κ3) is 3.78. The minimum atomic E-state index is 0.0693. The summed E-state index contributed by atoms with van der Waals surface area (Å²) in [5.74, 6) is 0.371. The summed E-state index contributed by atoms with van der Waals surface area (Å²) in [6.45, 7) is 12.7. The molecule has 0 aromatic heterocycles. The monoisotopic (exact) mass is 288 g/mol. The summed E-state index contributed by atoms with van der Waals surface area (Å²) in [5.41, 5.74) is 2.67. The van der Waals surface area contributed by atoms with Crippen LogP contribution in [0.3, 0.4) is 0 Å². The van der Waals surface area contributed by atoms with E-state index in [1.54, 1.807) is 0 Å². The highest BCUT2D eigenvalue weighted by molar-refractivity contribution is 5.75. The molecular formula is C18H28N2O. The molecule has 1 fully saturated rings. The van der Waals surface area contributed by atoms with E-state index >= 15 is 0 Å². The molecule has 0 bridgehead atoms. The highest BCUT2D eigenvalue weighted by Gasteiger charge is 2.25. The molecule has 1 aliphatic heterocycles. The maximum Gasteiger partial charge on any atom is 0.317 e. The Morgan fingerprint density at radius 3 is 2.10 bits per heavy atom. The van der Waals surface area contributed by atoms with Crippen molar-refractivity contribution in [2.45, 2.75) is 52.5 Å². The fourth-order valence-corrected chi connectivity index (χ4v) is 2.57. The fourth-order valence-electron chi connectivity index (χ4n) is 2.57. The fraction of sp³-hybridized carbons (Fsp3) is 0.611. The van der Waals surface area contributed by atoms with Gasteiger partial charge in [0.25, 0.3) is 0 Å². The van der Waals surface area contributed by atoms with E-state index in [0.29, 0.717) is 5.92 Å². The molecule has 1 aromatic carbocycles. The van der Waals surface area contributed by atoms with Crippen LogP contribution in [0.15, 0.2) is 24.3 Å². The van der Waals surface area contributed by atoms with Crippen LogP contribution in [-0.4, -0.2) is 24.0 Å². The molecule has 1 heterocycles. The summed E-state index contributed by atoms with van der Waals surface area (Å²) in [5, 5.41) is 3.18. The van der Waals surface area contributed by atoms with Crippen LogP contribution in [-0.2, 0) is 5.41 Å². The van der Waals surface area contributed by atoms with E-state index in [1.165, 1.54) is 11.1 Å². The van der Waals surface area contributed by atoms with Crippen LogP contribution in [0.25, 0.3) is 0 Å². The Labute approximate surface area is 128 Å². The van der Waals surface area contributed by atoms with Crippen molar-refractivity contribution in [2.75, 3.05) is 13.1 Å². The summed E-state index contributed by atoms with van der Waals surface area (Å²) in [7, 11) is 0. The molecule has 1 unspecified atom stereocenters. The largest absolute Gasteiger partial charge is 0.331 e. The van der Waals surface area contributed by atoms with E-state index in [4.69, 9.17) is 0 Å². The number of carbonyl (C=O) groups is 1. The van der Waals surface area contributed by atoms with Gasteiger partial charge in [0.15, 0.2) is 0 Å². The van der Waals surface area contributed by atoms with Gasteiger partial charge in [-0.15, -0.1) is 0 Å². The molecule has 2 amide bonds. The van der Waals surface area contributed by atoms with Crippen LogP contribution in [0.2, 0.25) is 0 Å². The van der Waals surface area contributed by atoms with Crippen LogP contribution >= 0.6 is 0 Å². The minimum Gasteiger partial charge on any atom is -0.331 e. The summed E-state index contributed by atoms with van der Waals surface area (Å²) >= 11 is 0. The molecule has 0 saturated carbocycles. The van der Waals surface area contributed by atoms with Crippen LogP contribution in [0.4, 0.5) is 4.79 Å². The molecule has 1 atom stereocenters. The zero-order valence-electron chi connectivity index (χ0n) is 13.9. The molecular weight excluding hydrogens is 260 g/mol. The van der Waals surface area contributed by atoms with Crippen LogP contribution < -0.4 is 5.32 Å². The van der Waals surface area contributed by atoms with Gasteiger partial charge in [-0.3, -0.25) is 0 Å². The molecule has 1 saturated heterocycles. The second kappa shape index (κ2) is 6.08. The van der Waals surface area contributed by atoms with Crippen molar-refractivity contribution in [2.24, 2.45) is 5.92 Å². The van der Waals surface area contributed by atoms with E-state index in [9.17, 15) is 4.79 Å². The Morgan fingerprint density at radius 1 is 1.14 bits per heavy atom.